The van der Waals surface area contributed by atoms with Crippen LogP contribution in [0.15, 0.2) is 54.7 Å². The fourth-order valence-corrected chi connectivity index (χ4v) is 4.73. The standard InChI is InChI=1S/C27H33N7O/c1-31(2)14-15-32-16-18-33(19-17-32)26-22-20-34(27(35)21-8-4-3-5-9-21)13-11-23(22)29-25(30-26)24-10-6-7-12-28-24/h3-10,12H,11,13-20H2,1-2H3. The number of hydrogen-bond donors (Lipinski definition) is 0. The molecule has 0 saturated carbocycles. The van der Waals surface area contributed by atoms with Crippen LogP contribution in [0.2, 0.25) is 0 Å². The number of rotatable bonds is 6. The Kier molecular flexibility index (Phi) is 7.01. The van der Waals surface area contributed by atoms with E-state index in [4.69, 9.17) is 9.97 Å². The molecular weight excluding hydrogens is 438 g/mol. The maximum atomic E-state index is 13.2. The highest BCUT2D eigenvalue weighted by molar-refractivity contribution is 5.94. The number of amides is 1. The molecule has 35 heavy (non-hydrogen) atoms. The van der Waals surface area contributed by atoms with Gasteiger partial charge in [-0.25, -0.2) is 9.97 Å². The number of aromatic nitrogens is 3. The second-order valence-electron chi connectivity index (χ2n) is 9.49. The number of likely N-dealkylation sites (N-methyl/N-ethyl adjacent to an activating group) is 1. The number of pyridine rings is 1. The monoisotopic (exact) mass is 471 g/mol. The molecule has 1 aromatic carbocycles. The van der Waals surface area contributed by atoms with Gasteiger partial charge in [0.15, 0.2) is 5.82 Å². The molecule has 8 nitrogen and oxygen atoms in total. The molecule has 1 fully saturated rings. The van der Waals surface area contributed by atoms with Crippen molar-refractivity contribution in [3.63, 3.8) is 0 Å². The Morgan fingerprint density at radius 2 is 1.71 bits per heavy atom. The van der Waals surface area contributed by atoms with Crippen molar-refractivity contribution in [2.24, 2.45) is 0 Å². The van der Waals surface area contributed by atoms with Gasteiger partial charge in [-0.3, -0.25) is 14.7 Å². The minimum Gasteiger partial charge on any atom is -0.354 e. The van der Waals surface area contributed by atoms with Crippen molar-refractivity contribution in [2.75, 3.05) is 64.8 Å². The van der Waals surface area contributed by atoms with Gasteiger partial charge in [0.1, 0.15) is 11.5 Å². The Balaban J connectivity index is 1.43. The predicted molar refractivity (Wildman–Crippen MR) is 137 cm³/mol. The number of piperazine rings is 1. The summed E-state index contributed by atoms with van der Waals surface area (Å²) in [6, 6.07) is 15.4. The van der Waals surface area contributed by atoms with Crippen LogP contribution in [0.5, 0.6) is 0 Å². The summed E-state index contributed by atoms with van der Waals surface area (Å²) in [5.41, 5.74) is 3.60. The van der Waals surface area contributed by atoms with Gasteiger partial charge >= 0.3 is 0 Å². The van der Waals surface area contributed by atoms with Crippen LogP contribution in [0.3, 0.4) is 0 Å². The van der Waals surface area contributed by atoms with Gasteiger partial charge in [-0.15, -0.1) is 0 Å². The number of anilines is 1. The average molecular weight is 472 g/mol. The van der Waals surface area contributed by atoms with Gasteiger partial charge in [-0.1, -0.05) is 24.3 Å². The zero-order valence-electron chi connectivity index (χ0n) is 20.6. The lowest BCUT2D eigenvalue weighted by atomic mass is 10.0. The Labute approximate surface area is 207 Å². The lowest BCUT2D eigenvalue weighted by molar-refractivity contribution is 0.0733. The van der Waals surface area contributed by atoms with Gasteiger partial charge in [-0.05, 0) is 38.4 Å². The highest BCUT2D eigenvalue weighted by Gasteiger charge is 2.29. The first-order chi connectivity index (χ1) is 17.1. The van der Waals surface area contributed by atoms with Crippen LogP contribution >= 0.6 is 0 Å². The first-order valence-electron chi connectivity index (χ1n) is 12.4. The quantitative estimate of drug-likeness (QED) is 0.547. The predicted octanol–water partition coefficient (Wildman–Crippen LogP) is 2.42. The largest absolute Gasteiger partial charge is 0.354 e. The van der Waals surface area contributed by atoms with E-state index in [0.717, 1.165) is 67.6 Å². The lowest BCUT2D eigenvalue weighted by Crippen LogP contribution is -2.49. The molecular formula is C27H33N7O. The molecule has 2 aliphatic heterocycles. The molecule has 8 heteroatoms. The number of fused-ring (bicyclic) bond motifs is 1. The van der Waals surface area contributed by atoms with Crippen LogP contribution in [0.4, 0.5) is 5.82 Å². The topological polar surface area (TPSA) is 68.7 Å². The fourth-order valence-electron chi connectivity index (χ4n) is 4.73. The van der Waals surface area contributed by atoms with E-state index >= 15 is 0 Å². The van der Waals surface area contributed by atoms with Crippen LogP contribution in [-0.4, -0.2) is 95.5 Å². The Morgan fingerprint density at radius 1 is 0.943 bits per heavy atom. The molecule has 2 aromatic heterocycles. The zero-order valence-corrected chi connectivity index (χ0v) is 20.6. The van der Waals surface area contributed by atoms with Crippen LogP contribution < -0.4 is 4.90 Å². The van der Waals surface area contributed by atoms with E-state index in [9.17, 15) is 4.79 Å². The van der Waals surface area contributed by atoms with Crippen molar-refractivity contribution in [3.8, 4) is 11.5 Å². The number of hydrogen-bond acceptors (Lipinski definition) is 7. The lowest BCUT2D eigenvalue weighted by Gasteiger charge is -2.38. The number of nitrogens with zero attached hydrogens (tertiary/aromatic N) is 7. The summed E-state index contributed by atoms with van der Waals surface area (Å²) in [6.45, 7) is 7.12. The van der Waals surface area contributed by atoms with Crippen molar-refractivity contribution < 1.29 is 4.79 Å². The van der Waals surface area contributed by atoms with E-state index < -0.39 is 0 Å². The summed E-state index contributed by atoms with van der Waals surface area (Å²) in [5, 5.41) is 0. The summed E-state index contributed by atoms with van der Waals surface area (Å²) in [7, 11) is 4.23. The van der Waals surface area contributed by atoms with Crippen molar-refractivity contribution in [1.29, 1.82) is 0 Å². The second-order valence-corrected chi connectivity index (χ2v) is 9.49. The average Bonchev–Trinajstić information content (AvgIpc) is 2.92. The first kappa shape index (κ1) is 23.4. The molecule has 1 amide bonds. The molecule has 0 bridgehead atoms. The van der Waals surface area contributed by atoms with Crippen LogP contribution in [-0.2, 0) is 13.0 Å². The van der Waals surface area contributed by atoms with Gasteiger partial charge in [-0.2, -0.15) is 0 Å². The molecule has 5 rings (SSSR count). The van der Waals surface area contributed by atoms with E-state index in [-0.39, 0.29) is 5.91 Å². The van der Waals surface area contributed by atoms with Crippen LogP contribution in [0.25, 0.3) is 11.5 Å². The van der Waals surface area contributed by atoms with E-state index in [1.165, 1.54) is 0 Å². The number of benzene rings is 1. The van der Waals surface area contributed by atoms with Crippen LogP contribution in [0.1, 0.15) is 21.6 Å². The maximum absolute atomic E-state index is 13.2. The van der Waals surface area contributed by atoms with Crippen molar-refractivity contribution in [3.05, 3.63) is 71.5 Å². The second kappa shape index (κ2) is 10.5. The van der Waals surface area contributed by atoms with Crippen LogP contribution in [0, 0.1) is 0 Å². The van der Waals surface area contributed by atoms with Crippen molar-refractivity contribution in [2.45, 2.75) is 13.0 Å². The molecule has 3 aromatic rings. The van der Waals surface area contributed by atoms with E-state index in [1.54, 1.807) is 6.20 Å². The number of carbonyl (C=O) groups is 1. The molecule has 0 atom stereocenters. The third-order valence-electron chi connectivity index (χ3n) is 6.78. The normalized spacial score (nSPS) is 16.4. The van der Waals surface area contributed by atoms with Gasteiger partial charge in [0.05, 0.1) is 12.2 Å². The Bertz CT molecular complexity index is 1140. The highest BCUT2D eigenvalue weighted by atomic mass is 16.2. The molecule has 0 N–H and O–H groups in total. The summed E-state index contributed by atoms with van der Waals surface area (Å²) in [6.07, 6.45) is 2.49. The van der Waals surface area contributed by atoms with Gasteiger partial charge < -0.3 is 14.7 Å². The van der Waals surface area contributed by atoms with Crippen molar-refractivity contribution in [1.82, 2.24) is 29.7 Å². The highest BCUT2D eigenvalue weighted by Crippen LogP contribution is 2.30. The van der Waals surface area contributed by atoms with Gasteiger partial charge in [0.25, 0.3) is 5.91 Å². The third-order valence-corrected chi connectivity index (χ3v) is 6.78. The van der Waals surface area contributed by atoms with E-state index in [0.29, 0.717) is 25.3 Å². The van der Waals surface area contributed by atoms with Gasteiger partial charge in [0.2, 0.25) is 0 Å². The SMILES string of the molecule is CN(C)CCN1CCN(c2nc(-c3ccccn3)nc3c2CN(C(=O)c2ccccc2)CC3)CC1. The first-order valence-corrected chi connectivity index (χ1v) is 12.4. The Morgan fingerprint density at radius 3 is 2.43 bits per heavy atom. The minimum atomic E-state index is 0.0597. The van der Waals surface area contributed by atoms with E-state index in [2.05, 4.69) is 33.8 Å². The molecule has 4 heterocycles. The molecule has 1 saturated heterocycles. The fraction of sp³-hybridized carbons (Fsp3) is 0.407. The molecule has 2 aliphatic rings. The zero-order chi connectivity index (χ0) is 24.2. The smallest absolute Gasteiger partial charge is 0.254 e. The molecule has 0 radical (unpaired) electrons. The number of carbonyl (C=O) groups excluding carboxylic acids is 1. The van der Waals surface area contributed by atoms with E-state index in [1.807, 2.05) is 53.4 Å². The molecule has 0 spiro atoms. The molecule has 182 valence electrons. The maximum Gasteiger partial charge on any atom is 0.254 e. The summed E-state index contributed by atoms with van der Waals surface area (Å²) in [5.74, 6) is 1.68. The summed E-state index contributed by atoms with van der Waals surface area (Å²) >= 11 is 0. The van der Waals surface area contributed by atoms with Gasteiger partial charge in [0, 0.05) is 69.6 Å². The van der Waals surface area contributed by atoms with Crippen molar-refractivity contribution >= 4 is 11.7 Å². The molecule has 0 unspecified atom stereocenters. The Hall–Kier alpha value is -3.36. The third kappa shape index (κ3) is 5.33. The molecule has 0 aliphatic carbocycles. The summed E-state index contributed by atoms with van der Waals surface area (Å²) < 4.78 is 0. The minimum absolute atomic E-state index is 0.0597. The summed E-state index contributed by atoms with van der Waals surface area (Å²) in [4.78, 5) is 36.7.